The van der Waals surface area contributed by atoms with Crippen molar-refractivity contribution in [2.45, 2.75) is 19.3 Å². The standard InChI is InChI=1S/C54H35N3O2/c1-54(2)44-19-8-6-14-38(44)41-17-10-16-37(50(41)54)33-24-22-32(23-25-33)35-27-29-46-43(30-35)49-42(18-11-21-47(49)58-46)53-56-51(34-12-4-3-5-13-34)55-52(57-53)36-26-28-40-39-15-7-9-20-45(39)59-48(40)31-36/h3-31H,1-2H3. The molecule has 59 heavy (non-hydrogen) atoms. The molecule has 0 fully saturated rings. The van der Waals surface area contributed by atoms with Crippen LogP contribution in [0.2, 0.25) is 0 Å². The van der Waals surface area contributed by atoms with Gasteiger partial charge in [-0.3, -0.25) is 0 Å². The summed E-state index contributed by atoms with van der Waals surface area (Å²) in [5, 5.41) is 4.11. The van der Waals surface area contributed by atoms with E-state index in [0.717, 1.165) is 71.7 Å². The lowest BCUT2D eigenvalue weighted by Crippen LogP contribution is -2.16. The molecule has 3 heterocycles. The van der Waals surface area contributed by atoms with Gasteiger partial charge in [0.1, 0.15) is 22.3 Å². The first kappa shape index (κ1) is 33.5. The van der Waals surface area contributed by atoms with E-state index in [1.807, 2.05) is 66.7 Å². The highest BCUT2D eigenvalue weighted by Gasteiger charge is 2.37. The third-order valence-electron chi connectivity index (χ3n) is 12.1. The predicted octanol–water partition coefficient (Wildman–Crippen LogP) is 14.3. The Morgan fingerprint density at radius 1 is 0.356 bits per heavy atom. The maximum Gasteiger partial charge on any atom is 0.164 e. The number of rotatable bonds is 5. The quantitative estimate of drug-likeness (QED) is 0.175. The van der Waals surface area contributed by atoms with Crippen molar-refractivity contribution in [3.63, 3.8) is 0 Å². The Kier molecular flexibility index (Phi) is 7.20. The molecule has 1 aliphatic rings. The summed E-state index contributed by atoms with van der Waals surface area (Å²) < 4.78 is 12.8. The summed E-state index contributed by atoms with van der Waals surface area (Å²) in [5.74, 6) is 1.73. The molecular formula is C54H35N3O2. The molecule has 0 aliphatic heterocycles. The topological polar surface area (TPSA) is 65.0 Å². The SMILES string of the molecule is CC1(C)c2ccccc2-c2cccc(-c3ccc(-c4ccc5oc6cccc(-c7nc(-c8ccccc8)nc(-c8ccc9c(c8)oc8ccccc89)n7)c6c5c4)cc3)c21. The fourth-order valence-electron chi connectivity index (χ4n) is 9.33. The zero-order valence-electron chi connectivity index (χ0n) is 32.4. The summed E-state index contributed by atoms with van der Waals surface area (Å²) in [6, 6.07) is 61.4. The van der Waals surface area contributed by atoms with Crippen molar-refractivity contribution in [3.8, 4) is 67.5 Å². The first-order valence-electron chi connectivity index (χ1n) is 20.0. The lowest BCUT2D eigenvalue weighted by atomic mass is 9.79. The van der Waals surface area contributed by atoms with Gasteiger partial charge in [0, 0.05) is 43.7 Å². The molecule has 0 atom stereocenters. The Bertz CT molecular complexity index is 3470. The van der Waals surface area contributed by atoms with Crippen LogP contribution in [0.1, 0.15) is 25.0 Å². The highest BCUT2D eigenvalue weighted by atomic mass is 16.3. The van der Waals surface area contributed by atoms with Gasteiger partial charge >= 0.3 is 0 Å². The largest absolute Gasteiger partial charge is 0.456 e. The van der Waals surface area contributed by atoms with Crippen LogP contribution < -0.4 is 0 Å². The molecule has 11 aromatic rings. The molecule has 0 N–H and O–H groups in total. The molecule has 3 aromatic heterocycles. The van der Waals surface area contributed by atoms with E-state index in [2.05, 4.69) is 123 Å². The average Bonchev–Trinajstić information content (AvgIpc) is 3.93. The van der Waals surface area contributed by atoms with Crippen molar-refractivity contribution >= 4 is 43.9 Å². The van der Waals surface area contributed by atoms with Crippen LogP contribution in [0.4, 0.5) is 0 Å². The van der Waals surface area contributed by atoms with E-state index in [0.29, 0.717) is 17.5 Å². The third kappa shape index (κ3) is 5.21. The highest BCUT2D eigenvalue weighted by molar-refractivity contribution is 6.13. The van der Waals surface area contributed by atoms with E-state index >= 15 is 0 Å². The number of para-hydroxylation sites is 1. The molecule has 0 spiro atoms. The summed E-state index contributed by atoms with van der Waals surface area (Å²) in [7, 11) is 0. The molecule has 5 nitrogen and oxygen atoms in total. The molecular weight excluding hydrogens is 723 g/mol. The minimum Gasteiger partial charge on any atom is -0.456 e. The zero-order chi connectivity index (χ0) is 39.2. The van der Waals surface area contributed by atoms with Crippen molar-refractivity contribution in [3.05, 3.63) is 187 Å². The van der Waals surface area contributed by atoms with Gasteiger partial charge in [0.2, 0.25) is 0 Å². The third-order valence-corrected chi connectivity index (χ3v) is 12.1. The van der Waals surface area contributed by atoms with Crippen molar-refractivity contribution in [2.75, 3.05) is 0 Å². The van der Waals surface area contributed by atoms with Gasteiger partial charge in [0.05, 0.1) is 0 Å². The molecule has 0 saturated heterocycles. The Hall–Kier alpha value is -7.63. The van der Waals surface area contributed by atoms with Crippen LogP contribution in [0.15, 0.2) is 185 Å². The number of aromatic nitrogens is 3. The molecule has 1 aliphatic carbocycles. The van der Waals surface area contributed by atoms with E-state index in [-0.39, 0.29) is 5.41 Å². The second kappa shape index (κ2) is 12.7. The molecule has 5 heteroatoms. The molecule has 12 rings (SSSR count). The zero-order valence-corrected chi connectivity index (χ0v) is 32.4. The van der Waals surface area contributed by atoms with Gasteiger partial charge in [-0.05, 0) is 80.9 Å². The molecule has 0 unspecified atom stereocenters. The normalized spacial score (nSPS) is 13.1. The smallest absolute Gasteiger partial charge is 0.164 e. The van der Waals surface area contributed by atoms with Crippen LogP contribution in [0.5, 0.6) is 0 Å². The van der Waals surface area contributed by atoms with E-state index < -0.39 is 0 Å². The minimum atomic E-state index is -0.0877. The molecule has 0 saturated carbocycles. The van der Waals surface area contributed by atoms with E-state index in [1.54, 1.807) is 0 Å². The van der Waals surface area contributed by atoms with Gasteiger partial charge in [0.25, 0.3) is 0 Å². The summed E-state index contributed by atoms with van der Waals surface area (Å²) >= 11 is 0. The lowest BCUT2D eigenvalue weighted by molar-refractivity contribution is 0.662. The fraction of sp³-hybridized carbons (Fsp3) is 0.0556. The van der Waals surface area contributed by atoms with E-state index in [4.69, 9.17) is 23.8 Å². The number of hydrogen-bond acceptors (Lipinski definition) is 5. The number of benzene rings is 8. The first-order chi connectivity index (χ1) is 29.0. The number of furan rings is 2. The van der Waals surface area contributed by atoms with Gasteiger partial charge in [-0.1, -0.05) is 153 Å². The van der Waals surface area contributed by atoms with Crippen molar-refractivity contribution in [1.29, 1.82) is 0 Å². The summed E-state index contributed by atoms with van der Waals surface area (Å²) in [5.41, 5.74) is 15.9. The maximum atomic E-state index is 6.49. The Labute approximate surface area is 340 Å². The highest BCUT2D eigenvalue weighted by Crippen LogP contribution is 2.52. The second-order valence-corrected chi connectivity index (χ2v) is 15.9. The van der Waals surface area contributed by atoms with Crippen molar-refractivity contribution < 1.29 is 8.83 Å². The van der Waals surface area contributed by atoms with E-state index in [1.165, 1.54) is 33.4 Å². The number of nitrogens with zero attached hydrogens (tertiary/aromatic N) is 3. The molecule has 278 valence electrons. The van der Waals surface area contributed by atoms with Gasteiger partial charge in [-0.2, -0.15) is 0 Å². The number of hydrogen-bond donors (Lipinski definition) is 0. The first-order valence-corrected chi connectivity index (χ1v) is 20.0. The van der Waals surface area contributed by atoms with Crippen molar-refractivity contribution in [1.82, 2.24) is 15.0 Å². The lowest BCUT2D eigenvalue weighted by Gasteiger charge is -2.24. The molecule has 0 bridgehead atoms. The van der Waals surface area contributed by atoms with Crippen molar-refractivity contribution in [2.24, 2.45) is 0 Å². The van der Waals surface area contributed by atoms with Crippen LogP contribution in [0.25, 0.3) is 111 Å². The second-order valence-electron chi connectivity index (χ2n) is 15.9. The Morgan fingerprint density at radius 2 is 0.949 bits per heavy atom. The van der Waals surface area contributed by atoms with Crippen LogP contribution in [-0.2, 0) is 5.41 Å². The van der Waals surface area contributed by atoms with Crippen LogP contribution in [0, 0.1) is 0 Å². The molecule has 0 amide bonds. The van der Waals surface area contributed by atoms with Crippen LogP contribution >= 0.6 is 0 Å². The Morgan fingerprint density at radius 3 is 1.83 bits per heavy atom. The van der Waals surface area contributed by atoms with E-state index in [9.17, 15) is 0 Å². The predicted molar refractivity (Wildman–Crippen MR) is 239 cm³/mol. The van der Waals surface area contributed by atoms with Gasteiger partial charge in [-0.25, -0.2) is 15.0 Å². The van der Waals surface area contributed by atoms with Crippen LogP contribution in [-0.4, -0.2) is 15.0 Å². The summed E-state index contributed by atoms with van der Waals surface area (Å²) in [4.78, 5) is 15.3. The fourth-order valence-corrected chi connectivity index (χ4v) is 9.33. The van der Waals surface area contributed by atoms with Gasteiger partial charge < -0.3 is 8.83 Å². The summed E-state index contributed by atoms with van der Waals surface area (Å²) in [6.07, 6.45) is 0. The monoisotopic (exact) mass is 757 g/mol. The Balaban J connectivity index is 0.971. The molecule has 8 aromatic carbocycles. The summed E-state index contributed by atoms with van der Waals surface area (Å²) in [6.45, 7) is 4.69. The van der Waals surface area contributed by atoms with Gasteiger partial charge in [0.15, 0.2) is 17.5 Å². The molecule has 0 radical (unpaired) electrons. The average molecular weight is 758 g/mol. The maximum absolute atomic E-state index is 6.49. The minimum absolute atomic E-state index is 0.0877. The number of fused-ring (bicyclic) bond motifs is 9. The van der Waals surface area contributed by atoms with Gasteiger partial charge in [-0.15, -0.1) is 0 Å². The van der Waals surface area contributed by atoms with Crippen LogP contribution in [0.3, 0.4) is 0 Å².